The predicted octanol–water partition coefficient (Wildman–Crippen LogP) is 4.39. The standard InChI is InChI=1S/C33H40FN5O5S2/c1-20(2)30-36-17-27(45-30)31(42)39-13-14-44-33(19-39)8-11-38(12-9-33)18-21-3-5-24(34)22(15-21)7-10-35-16-26(41)23-4-6-25(40)28-29(23)46-32(43)37-28/h3-6,15,17,20,26,35,40-41H,7-14,16,18-19H2,1-2H3,(H,37,43)/t26-/m0/s1. The van der Waals surface area contributed by atoms with Gasteiger partial charge in [0.05, 0.1) is 40.8 Å². The molecule has 0 radical (unpaired) electrons. The van der Waals surface area contributed by atoms with Crippen LogP contribution in [-0.2, 0) is 17.7 Å². The highest BCUT2D eigenvalue weighted by Gasteiger charge is 2.41. The van der Waals surface area contributed by atoms with Crippen molar-refractivity contribution in [3.63, 3.8) is 0 Å². The summed E-state index contributed by atoms with van der Waals surface area (Å²) in [5.41, 5.74) is 2.18. The van der Waals surface area contributed by atoms with Gasteiger partial charge in [0.25, 0.3) is 5.91 Å². The lowest BCUT2D eigenvalue weighted by atomic mass is 9.89. The zero-order chi connectivity index (χ0) is 32.4. The first kappa shape index (κ1) is 32.7. The number of aromatic amines is 1. The van der Waals surface area contributed by atoms with Gasteiger partial charge in [-0.1, -0.05) is 43.4 Å². The molecule has 2 aromatic heterocycles. The number of hydrogen-bond donors (Lipinski definition) is 4. The van der Waals surface area contributed by atoms with Crippen LogP contribution in [0.5, 0.6) is 5.75 Å². The predicted molar refractivity (Wildman–Crippen MR) is 177 cm³/mol. The van der Waals surface area contributed by atoms with Crippen LogP contribution in [0.3, 0.4) is 0 Å². The van der Waals surface area contributed by atoms with Gasteiger partial charge in [0.2, 0.25) is 0 Å². The average Bonchev–Trinajstić information content (AvgIpc) is 3.70. The summed E-state index contributed by atoms with van der Waals surface area (Å²) in [5.74, 6) is 0.0343. The van der Waals surface area contributed by atoms with Crippen molar-refractivity contribution in [2.24, 2.45) is 0 Å². The molecule has 0 bridgehead atoms. The number of piperidine rings is 1. The molecule has 4 heterocycles. The summed E-state index contributed by atoms with van der Waals surface area (Å²) in [4.78, 5) is 36.7. The third kappa shape index (κ3) is 7.19. The van der Waals surface area contributed by atoms with E-state index in [-0.39, 0.29) is 34.5 Å². The number of morpholine rings is 1. The first-order valence-corrected chi connectivity index (χ1v) is 17.4. The van der Waals surface area contributed by atoms with Crippen molar-refractivity contribution < 1.29 is 24.1 Å². The van der Waals surface area contributed by atoms with Gasteiger partial charge < -0.3 is 30.2 Å². The Bertz CT molecular complexity index is 1750. The molecule has 2 aliphatic rings. The van der Waals surface area contributed by atoms with E-state index in [9.17, 15) is 24.2 Å². The summed E-state index contributed by atoms with van der Waals surface area (Å²) in [7, 11) is 0. The Hall–Kier alpha value is -3.20. The number of carbonyl (C=O) groups is 1. The number of phenolic OH excluding ortho intramolecular Hbond substituents is 1. The van der Waals surface area contributed by atoms with E-state index in [4.69, 9.17) is 4.74 Å². The maximum absolute atomic E-state index is 14.7. The fourth-order valence-corrected chi connectivity index (χ4v) is 8.10. The van der Waals surface area contributed by atoms with Crippen LogP contribution in [0.25, 0.3) is 10.2 Å². The molecule has 2 aromatic carbocycles. The number of ether oxygens (including phenoxy) is 1. The van der Waals surface area contributed by atoms with Crippen molar-refractivity contribution in [1.29, 1.82) is 0 Å². The normalized spacial score (nSPS) is 17.7. The van der Waals surface area contributed by atoms with Crippen LogP contribution in [0.4, 0.5) is 4.39 Å². The number of aliphatic hydroxyl groups is 1. The molecule has 13 heteroatoms. The van der Waals surface area contributed by atoms with Gasteiger partial charge in [0.15, 0.2) is 0 Å². The number of nitrogens with one attached hydrogen (secondary N) is 2. The molecule has 2 saturated heterocycles. The van der Waals surface area contributed by atoms with Gasteiger partial charge in [-0.25, -0.2) is 9.37 Å². The Morgan fingerprint density at radius 1 is 1.20 bits per heavy atom. The van der Waals surface area contributed by atoms with Crippen LogP contribution in [0.2, 0.25) is 0 Å². The zero-order valence-electron chi connectivity index (χ0n) is 26.1. The number of fused-ring (bicyclic) bond motifs is 1. The number of hydrogen-bond acceptors (Lipinski definition) is 10. The van der Waals surface area contributed by atoms with Gasteiger partial charge in [0.1, 0.15) is 22.0 Å². The van der Waals surface area contributed by atoms with E-state index in [1.54, 1.807) is 12.3 Å². The van der Waals surface area contributed by atoms with E-state index >= 15 is 0 Å². The van der Waals surface area contributed by atoms with Crippen molar-refractivity contribution in [2.45, 2.75) is 57.3 Å². The van der Waals surface area contributed by atoms with Crippen LogP contribution >= 0.6 is 22.7 Å². The minimum absolute atomic E-state index is 0.0361. The van der Waals surface area contributed by atoms with Crippen LogP contribution in [-0.4, -0.2) is 87.4 Å². The van der Waals surface area contributed by atoms with E-state index in [1.165, 1.54) is 23.5 Å². The third-order valence-electron chi connectivity index (χ3n) is 8.90. The second-order valence-corrected chi connectivity index (χ2v) is 14.6. The molecule has 4 aromatic rings. The monoisotopic (exact) mass is 669 g/mol. The number of aromatic nitrogens is 2. The number of likely N-dealkylation sites (tertiary alicyclic amines) is 1. The van der Waals surface area contributed by atoms with E-state index < -0.39 is 6.10 Å². The number of amides is 1. The lowest BCUT2D eigenvalue weighted by Crippen LogP contribution is -2.57. The Balaban J connectivity index is 0.989. The lowest BCUT2D eigenvalue weighted by molar-refractivity contribution is -0.127. The number of carbonyl (C=O) groups excluding carboxylic acids is 1. The molecule has 46 heavy (non-hydrogen) atoms. The van der Waals surface area contributed by atoms with Crippen LogP contribution in [0.15, 0.2) is 41.3 Å². The largest absolute Gasteiger partial charge is 0.506 e. The number of nitrogens with zero attached hydrogens (tertiary/aromatic N) is 3. The molecule has 0 saturated carbocycles. The molecule has 2 fully saturated rings. The lowest BCUT2D eigenvalue weighted by Gasteiger charge is -2.47. The molecule has 6 rings (SSSR count). The summed E-state index contributed by atoms with van der Waals surface area (Å²) >= 11 is 2.42. The van der Waals surface area contributed by atoms with Gasteiger partial charge >= 0.3 is 4.87 Å². The molecule has 1 amide bonds. The molecular formula is C33H40FN5O5S2. The van der Waals surface area contributed by atoms with Gasteiger partial charge in [-0.15, -0.1) is 11.3 Å². The fraction of sp³-hybridized carbons (Fsp3) is 0.485. The second-order valence-electron chi connectivity index (χ2n) is 12.5. The van der Waals surface area contributed by atoms with E-state index in [0.717, 1.165) is 47.8 Å². The molecule has 4 N–H and O–H groups in total. The smallest absolute Gasteiger partial charge is 0.305 e. The van der Waals surface area contributed by atoms with Crippen LogP contribution in [0.1, 0.15) is 70.1 Å². The highest BCUT2D eigenvalue weighted by atomic mass is 32.1. The summed E-state index contributed by atoms with van der Waals surface area (Å²) in [6.45, 7) is 8.89. The Labute approximate surface area is 274 Å². The number of rotatable bonds is 10. The average molecular weight is 670 g/mol. The Kier molecular flexibility index (Phi) is 9.88. The number of aliphatic hydroxyl groups excluding tert-OH is 1. The van der Waals surface area contributed by atoms with E-state index in [2.05, 4.69) is 34.0 Å². The van der Waals surface area contributed by atoms with Crippen molar-refractivity contribution in [3.05, 3.63) is 78.6 Å². The molecule has 1 atom stereocenters. The topological polar surface area (TPSA) is 131 Å². The summed E-state index contributed by atoms with van der Waals surface area (Å²) < 4.78 is 21.5. The molecule has 1 spiro atoms. The summed E-state index contributed by atoms with van der Waals surface area (Å²) in [6, 6.07) is 8.33. The van der Waals surface area contributed by atoms with E-state index in [0.29, 0.717) is 71.3 Å². The molecular weight excluding hydrogens is 630 g/mol. The van der Waals surface area contributed by atoms with Gasteiger partial charge in [-0.05, 0) is 49.1 Å². The molecule has 0 unspecified atom stereocenters. The van der Waals surface area contributed by atoms with E-state index in [1.807, 2.05) is 17.0 Å². The first-order chi connectivity index (χ1) is 22.1. The highest BCUT2D eigenvalue weighted by Crippen LogP contribution is 2.33. The molecule has 246 valence electrons. The summed E-state index contributed by atoms with van der Waals surface area (Å²) in [6.07, 6.45) is 2.91. The van der Waals surface area contributed by atoms with Crippen molar-refractivity contribution >= 4 is 38.8 Å². The highest BCUT2D eigenvalue weighted by molar-refractivity contribution is 7.16. The number of thiazole rings is 2. The first-order valence-electron chi connectivity index (χ1n) is 15.7. The van der Waals surface area contributed by atoms with Crippen molar-refractivity contribution in [3.8, 4) is 5.75 Å². The quantitative estimate of drug-likeness (QED) is 0.183. The van der Waals surface area contributed by atoms with Gasteiger partial charge in [-0.2, -0.15) is 0 Å². The second kappa shape index (κ2) is 13.9. The van der Waals surface area contributed by atoms with Crippen molar-refractivity contribution in [2.75, 3.05) is 45.9 Å². The SMILES string of the molecule is CC(C)c1ncc(C(=O)N2CCOC3(CCN(Cc4ccc(F)c(CCNC[C@H](O)c5ccc(O)c6[nH]c(=O)sc56)c4)CC3)C2)s1. The molecule has 2 aliphatic heterocycles. The van der Waals surface area contributed by atoms with Gasteiger partial charge in [-0.3, -0.25) is 14.5 Å². The molecule has 10 nitrogen and oxygen atoms in total. The number of benzene rings is 2. The summed E-state index contributed by atoms with van der Waals surface area (Å²) in [5, 5.41) is 24.9. The number of H-pyrrole nitrogens is 1. The maximum Gasteiger partial charge on any atom is 0.305 e. The number of halogens is 1. The van der Waals surface area contributed by atoms with Crippen LogP contribution in [0, 0.1) is 5.82 Å². The minimum atomic E-state index is -0.892. The minimum Gasteiger partial charge on any atom is -0.506 e. The van der Waals surface area contributed by atoms with Gasteiger partial charge in [0, 0.05) is 44.2 Å². The number of phenols is 1. The van der Waals surface area contributed by atoms with Crippen molar-refractivity contribution in [1.82, 2.24) is 25.1 Å². The third-order valence-corrected chi connectivity index (χ3v) is 11.1. The zero-order valence-corrected chi connectivity index (χ0v) is 27.7. The maximum atomic E-state index is 14.7. The number of aromatic hydroxyl groups is 1. The molecule has 0 aliphatic carbocycles. The van der Waals surface area contributed by atoms with Crippen LogP contribution < -0.4 is 10.2 Å². The Morgan fingerprint density at radius 2 is 2.00 bits per heavy atom. The Morgan fingerprint density at radius 3 is 2.76 bits per heavy atom. The fourth-order valence-electron chi connectivity index (χ4n) is 6.30.